The zero-order valence-corrected chi connectivity index (χ0v) is 15.9. The van der Waals surface area contributed by atoms with E-state index >= 15 is 0 Å². The number of rotatable bonds is 4. The van der Waals surface area contributed by atoms with Gasteiger partial charge in [-0.2, -0.15) is 0 Å². The molecule has 0 unspecified atom stereocenters. The van der Waals surface area contributed by atoms with Crippen molar-refractivity contribution in [2.24, 2.45) is 5.92 Å². The maximum absolute atomic E-state index is 13.1. The van der Waals surface area contributed by atoms with E-state index in [0.717, 1.165) is 23.0 Å². The number of imide groups is 1. The smallest absolute Gasteiger partial charge is 0.266 e. The minimum atomic E-state index is -0.761. The minimum Gasteiger partial charge on any atom is -0.273 e. The molecule has 2 aromatic carbocycles. The second-order valence-electron chi connectivity index (χ2n) is 6.56. The molecule has 0 N–H and O–H groups in total. The number of amides is 2. The number of para-hydroxylation sites is 1. The fourth-order valence-corrected chi connectivity index (χ4v) is 4.02. The van der Waals surface area contributed by atoms with Crippen LogP contribution in [-0.2, 0) is 14.4 Å². The van der Waals surface area contributed by atoms with Gasteiger partial charge in [-0.15, -0.1) is 0 Å². The lowest BCUT2D eigenvalue weighted by molar-refractivity contribution is -0.126. The lowest BCUT2D eigenvalue weighted by atomic mass is 9.93. The lowest BCUT2D eigenvalue weighted by Gasteiger charge is -2.28. The molecule has 0 saturated carbocycles. The number of halogens is 1. The Hall–Kier alpha value is -2.18. The number of hydroxylamine groups is 1. The van der Waals surface area contributed by atoms with Gasteiger partial charge in [-0.1, -0.05) is 47.5 Å². The lowest BCUT2D eigenvalue weighted by Crippen LogP contribution is -2.40. The highest BCUT2D eigenvalue weighted by atomic mass is 79.9. The van der Waals surface area contributed by atoms with Crippen molar-refractivity contribution >= 4 is 39.1 Å². The zero-order chi connectivity index (χ0) is 18.3. The Morgan fingerprint density at radius 3 is 2.31 bits per heavy atom. The number of carbonyl (C=O) groups excluding carboxylic acids is 2. The molecule has 2 aliphatic heterocycles. The average Bonchev–Trinajstić information content (AvgIpc) is 3.14. The van der Waals surface area contributed by atoms with Crippen LogP contribution in [0.1, 0.15) is 19.8 Å². The third kappa shape index (κ3) is 2.73. The van der Waals surface area contributed by atoms with Crippen LogP contribution < -0.4 is 9.96 Å². The Morgan fingerprint density at radius 2 is 1.65 bits per heavy atom. The molecule has 0 spiro atoms. The van der Waals surface area contributed by atoms with Gasteiger partial charge in [-0.3, -0.25) is 14.4 Å². The van der Waals surface area contributed by atoms with Crippen LogP contribution in [0.15, 0.2) is 59.1 Å². The van der Waals surface area contributed by atoms with Gasteiger partial charge in [0.2, 0.25) is 5.91 Å². The number of fused-ring (bicyclic) bond motifs is 1. The van der Waals surface area contributed by atoms with Gasteiger partial charge in [0.25, 0.3) is 5.91 Å². The SMILES string of the molecule is CCC[C@@H]1[C@@H]2C(=O)N(c3ccc(Br)cc3)C(=O)[C@H]2ON1c1ccccc1. The molecule has 0 bridgehead atoms. The van der Waals surface area contributed by atoms with E-state index in [1.54, 1.807) is 17.2 Å². The molecule has 4 rings (SSSR count). The Bertz CT molecular complexity index is 825. The van der Waals surface area contributed by atoms with Crippen molar-refractivity contribution in [3.05, 3.63) is 59.1 Å². The van der Waals surface area contributed by atoms with Crippen molar-refractivity contribution in [3.8, 4) is 0 Å². The van der Waals surface area contributed by atoms with Crippen molar-refractivity contribution in [1.82, 2.24) is 0 Å². The molecular weight excluding hydrogens is 396 g/mol. The molecule has 3 atom stereocenters. The van der Waals surface area contributed by atoms with E-state index in [0.29, 0.717) is 5.69 Å². The van der Waals surface area contributed by atoms with Crippen molar-refractivity contribution < 1.29 is 14.4 Å². The first-order chi connectivity index (χ1) is 12.6. The summed E-state index contributed by atoms with van der Waals surface area (Å²) in [6, 6.07) is 16.7. The van der Waals surface area contributed by atoms with Gasteiger partial charge in [-0.05, 0) is 42.8 Å². The van der Waals surface area contributed by atoms with Crippen LogP contribution in [0.25, 0.3) is 0 Å². The molecule has 0 radical (unpaired) electrons. The summed E-state index contributed by atoms with van der Waals surface area (Å²) in [5, 5.41) is 1.76. The monoisotopic (exact) mass is 414 g/mol. The number of hydrogen-bond donors (Lipinski definition) is 0. The molecule has 26 heavy (non-hydrogen) atoms. The van der Waals surface area contributed by atoms with Crippen LogP contribution in [0.4, 0.5) is 11.4 Å². The van der Waals surface area contributed by atoms with Crippen LogP contribution in [0.3, 0.4) is 0 Å². The molecule has 2 aliphatic rings. The summed E-state index contributed by atoms with van der Waals surface area (Å²) >= 11 is 3.38. The van der Waals surface area contributed by atoms with Gasteiger partial charge in [0.15, 0.2) is 6.10 Å². The van der Waals surface area contributed by atoms with Crippen LogP contribution in [-0.4, -0.2) is 24.0 Å². The third-order valence-electron chi connectivity index (χ3n) is 4.92. The molecule has 2 saturated heterocycles. The summed E-state index contributed by atoms with van der Waals surface area (Å²) in [6.07, 6.45) is 0.923. The van der Waals surface area contributed by atoms with Gasteiger partial charge >= 0.3 is 0 Å². The normalized spacial score (nSPS) is 25.1. The van der Waals surface area contributed by atoms with Crippen molar-refractivity contribution in [1.29, 1.82) is 0 Å². The Labute approximate surface area is 160 Å². The molecule has 5 nitrogen and oxygen atoms in total. The summed E-state index contributed by atoms with van der Waals surface area (Å²) < 4.78 is 0.899. The summed E-state index contributed by atoms with van der Waals surface area (Å²) in [5.41, 5.74) is 1.46. The third-order valence-corrected chi connectivity index (χ3v) is 5.45. The molecule has 0 aliphatic carbocycles. The van der Waals surface area contributed by atoms with E-state index in [-0.39, 0.29) is 17.9 Å². The number of nitrogens with zero attached hydrogens (tertiary/aromatic N) is 2. The molecule has 2 amide bonds. The maximum Gasteiger partial charge on any atom is 0.266 e. The van der Waals surface area contributed by atoms with E-state index < -0.39 is 12.0 Å². The summed E-state index contributed by atoms with van der Waals surface area (Å²) in [5.74, 6) is -0.952. The highest BCUT2D eigenvalue weighted by Gasteiger charge is 2.59. The van der Waals surface area contributed by atoms with E-state index in [1.165, 1.54) is 4.90 Å². The average molecular weight is 415 g/mol. The fourth-order valence-electron chi connectivity index (χ4n) is 3.76. The quantitative estimate of drug-likeness (QED) is 0.711. The van der Waals surface area contributed by atoms with Gasteiger partial charge in [0, 0.05) is 4.47 Å². The molecule has 2 aromatic rings. The van der Waals surface area contributed by atoms with Crippen LogP contribution >= 0.6 is 15.9 Å². The largest absolute Gasteiger partial charge is 0.273 e. The second-order valence-corrected chi connectivity index (χ2v) is 7.47. The van der Waals surface area contributed by atoms with Crippen LogP contribution in [0.2, 0.25) is 0 Å². The molecular formula is C20H19BrN2O3. The van der Waals surface area contributed by atoms with Crippen LogP contribution in [0, 0.1) is 5.92 Å². The topological polar surface area (TPSA) is 49.9 Å². The first-order valence-electron chi connectivity index (χ1n) is 8.76. The van der Waals surface area contributed by atoms with Gasteiger partial charge < -0.3 is 0 Å². The minimum absolute atomic E-state index is 0.149. The summed E-state index contributed by atoms with van der Waals surface area (Å²) in [6.45, 7) is 2.07. The van der Waals surface area contributed by atoms with Crippen molar-refractivity contribution in [2.75, 3.05) is 9.96 Å². The Balaban J connectivity index is 1.67. The van der Waals surface area contributed by atoms with E-state index in [4.69, 9.17) is 4.84 Å². The Kier molecular flexibility index (Phi) is 4.54. The second kappa shape index (κ2) is 6.85. The fraction of sp³-hybridized carbons (Fsp3) is 0.300. The number of hydrogen-bond acceptors (Lipinski definition) is 4. The van der Waals surface area contributed by atoms with Crippen molar-refractivity contribution in [2.45, 2.75) is 31.9 Å². The molecule has 6 heteroatoms. The van der Waals surface area contributed by atoms with E-state index in [1.807, 2.05) is 42.5 Å². The van der Waals surface area contributed by atoms with Gasteiger partial charge in [-0.25, -0.2) is 9.96 Å². The van der Waals surface area contributed by atoms with E-state index in [9.17, 15) is 9.59 Å². The number of benzene rings is 2. The van der Waals surface area contributed by atoms with Gasteiger partial charge in [0.1, 0.15) is 0 Å². The highest BCUT2D eigenvalue weighted by molar-refractivity contribution is 9.10. The van der Waals surface area contributed by atoms with Crippen molar-refractivity contribution in [3.63, 3.8) is 0 Å². The van der Waals surface area contributed by atoms with Gasteiger partial charge in [0.05, 0.1) is 23.3 Å². The first-order valence-corrected chi connectivity index (χ1v) is 9.55. The van der Waals surface area contributed by atoms with E-state index in [2.05, 4.69) is 22.9 Å². The highest BCUT2D eigenvalue weighted by Crippen LogP contribution is 2.41. The molecule has 2 fully saturated rings. The molecule has 134 valence electrons. The summed E-state index contributed by atoms with van der Waals surface area (Å²) in [7, 11) is 0. The summed E-state index contributed by atoms with van der Waals surface area (Å²) in [4.78, 5) is 33.4. The predicted octanol–water partition coefficient (Wildman–Crippen LogP) is 3.93. The molecule has 0 aromatic heterocycles. The maximum atomic E-state index is 13.1. The standard InChI is InChI=1S/C20H19BrN2O3/c1-2-6-16-17-18(26-23(16)15-7-4-3-5-8-15)20(25)22(19(17)24)14-11-9-13(21)10-12-14/h3-5,7-12,16-18H,2,6H2,1H3/t16-,17+,18+/m1/s1. The predicted molar refractivity (Wildman–Crippen MR) is 103 cm³/mol. The zero-order valence-electron chi connectivity index (χ0n) is 14.3. The number of carbonyl (C=O) groups is 2. The Morgan fingerprint density at radius 1 is 0.962 bits per heavy atom. The molecule has 2 heterocycles. The number of anilines is 2. The van der Waals surface area contributed by atoms with Crippen LogP contribution in [0.5, 0.6) is 0 Å². The first kappa shape index (κ1) is 17.2.